The van der Waals surface area contributed by atoms with Gasteiger partial charge in [-0.2, -0.15) is 17.5 Å². The Balaban J connectivity index is 1.49. The van der Waals surface area contributed by atoms with Gasteiger partial charge in [-0.15, -0.1) is 11.8 Å². The molecule has 1 unspecified atom stereocenters. The van der Waals surface area contributed by atoms with Crippen molar-refractivity contribution in [1.29, 1.82) is 0 Å². The number of hydrogen-bond donors (Lipinski definition) is 1. The number of piperazine rings is 1. The van der Waals surface area contributed by atoms with Crippen molar-refractivity contribution in [2.75, 3.05) is 42.1 Å². The first-order chi connectivity index (χ1) is 15.1. The van der Waals surface area contributed by atoms with Gasteiger partial charge in [-0.1, -0.05) is 13.0 Å². The van der Waals surface area contributed by atoms with E-state index in [1.54, 1.807) is 17.0 Å². The van der Waals surface area contributed by atoms with Crippen LogP contribution in [0, 0.1) is 5.92 Å². The normalized spacial score (nSPS) is 20.4. The van der Waals surface area contributed by atoms with Gasteiger partial charge in [-0.3, -0.25) is 4.79 Å². The maximum Gasteiger partial charge on any atom is 0.416 e. The van der Waals surface area contributed by atoms with Gasteiger partial charge in [-0.25, -0.2) is 8.42 Å². The van der Waals surface area contributed by atoms with Gasteiger partial charge in [0.1, 0.15) is 0 Å². The Bertz CT molecular complexity index is 1130. The molecular weight excluding hydrogens is 463 g/mol. The molecule has 2 heterocycles. The quantitative estimate of drug-likeness (QED) is 0.714. The third-order valence-electron chi connectivity index (χ3n) is 5.56. The average Bonchev–Trinajstić information content (AvgIpc) is 2.91. The predicted octanol–water partition coefficient (Wildman–Crippen LogP) is 3.90. The molecule has 32 heavy (non-hydrogen) atoms. The van der Waals surface area contributed by atoms with Crippen molar-refractivity contribution in [3.8, 4) is 0 Å². The molecule has 172 valence electrons. The molecule has 11 heteroatoms. The summed E-state index contributed by atoms with van der Waals surface area (Å²) >= 11 is 1.50. The summed E-state index contributed by atoms with van der Waals surface area (Å²) in [5, 5.41) is 2.79. The molecule has 4 rings (SSSR count). The Morgan fingerprint density at radius 2 is 1.78 bits per heavy atom. The van der Waals surface area contributed by atoms with Crippen LogP contribution in [0.2, 0.25) is 0 Å². The van der Waals surface area contributed by atoms with Gasteiger partial charge in [-0.05, 0) is 36.4 Å². The van der Waals surface area contributed by atoms with E-state index in [9.17, 15) is 26.4 Å². The lowest BCUT2D eigenvalue weighted by Crippen LogP contribution is -2.48. The minimum absolute atomic E-state index is 0.0826. The number of fused-ring (bicyclic) bond motifs is 1. The van der Waals surface area contributed by atoms with Crippen LogP contribution in [-0.2, 0) is 21.0 Å². The summed E-state index contributed by atoms with van der Waals surface area (Å²) in [4.78, 5) is 14.8. The molecule has 1 fully saturated rings. The Morgan fingerprint density at radius 1 is 1.06 bits per heavy atom. The van der Waals surface area contributed by atoms with Crippen LogP contribution >= 0.6 is 11.8 Å². The SMILES string of the molecule is CC1CSc2ccc(S(=O)(=O)N3CCN(c4cccc(C(F)(F)F)c4)CC3)cc2NC1=O. The number of nitrogens with one attached hydrogen (secondary N) is 1. The van der Waals surface area contributed by atoms with Crippen molar-refractivity contribution < 1.29 is 26.4 Å². The molecule has 2 aromatic carbocycles. The molecule has 2 aromatic rings. The number of anilines is 2. The van der Waals surface area contributed by atoms with Crippen molar-refractivity contribution in [2.45, 2.75) is 22.9 Å². The number of carbonyl (C=O) groups is 1. The molecule has 6 nitrogen and oxygen atoms in total. The smallest absolute Gasteiger partial charge is 0.369 e. The van der Waals surface area contributed by atoms with Gasteiger partial charge >= 0.3 is 6.18 Å². The van der Waals surface area contributed by atoms with E-state index >= 15 is 0 Å². The third kappa shape index (κ3) is 4.60. The molecule has 1 saturated heterocycles. The summed E-state index contributed by atoms with van der Waals surface area (Å²) < 4.78 is 66.7. The zero-order chi connectivity index (χ0) is 23.1. The number of rotatable bonds is 3. The first-order valence-electron chi connectivity index (χ1n) is 10.1. The van der Waals surface area contributed by atoms with Crippen LogP contribution in [0.15, 0.2) is 52.3 Å². The molecular formula is C21H22F3N3O3S2. The predicted molar refractivity (Wildman–Crippen MR) is 117 cm³/mol. The lowest BCUT2D eigenvalue weighted by Gasteiger charge is -2.35. The van der Waals surface area contributed by atoms with E-state index in [2.05, 4.69) is 5.32 Å². The highest BCUT2D eigenvalue weighted by Gasteiger charge is 2.33. The first kappa shape index (κ1) is 22.9. The Hall–Kier alpha value is -2.24. The van der Waals surface area contributed by atoms with Gasteiger partial charge in [0.25, 0.3) is 0 Å². The number of alkyl halides is 3. The molecule has 2 aliphatic heterocycles. The van der Waals surface area contributed by atoms with Gasteiger partial charge in [0.15, 0.2) is 0 Å². The molecule has 0 aromatic heterocycles. The van der Waals surface area contributed by atoms with Crippen molar-refractivity contribution >= 4 is 39.1 Å². The highest BCUT2D eigenvalue weighted by atomic mass is 32.2. The largest absolute Gasteiger partial charge is 0.416 e. The van der Waals surface area contributed by atoms with Crippen LogP contribution in [0.25, 0.3) is 0 Å². The van der Waals surface area contributed by atoms with Crippen molar-refractivity contribution in [1.82, 2.24) is 4.31 Å². The Labute approximate surface area is 188 Å². The van der Waals surface area contributed by atoms with Gasteiger partial charge in [0, 0.05) is 48.4 Å². The van der Waals surface area contributed by atoms with Crippen LogP contribution in [0.1, 0.15) is 12.5 Å². The molecule has 0 radical (unpaired) electrons. The fraction of sp³-hybridized carbons (Fsp3) is 0.381. The molecule has 0 saturated carbocycles. The fourth-order valence-electron chi connectivity index (χ4n) is 3.65. The monoisotopic (exact) mass is 485 g/mol. The molecule has 1 atom stereocenters. The van der Waals surface area contributed by atoms with E-state index < -0.39 is 21.8 Å². The lowest BCUT2D eigenvalue weighted by atomic mass is 10.1. The van der Waals surface area contributed by atoms with Gasteiger partial charge < -0.3 is 10.2 Å². The fourth-order valence-corrected chi connectivity index (χ4v) is 6.11. The average molecular weight is 486 g/mol. The van der Waals surface area contributed by atoms with Crippen LogP contribution in [0.3, 0.4) is 0 Å². The van der Waals surface area contributed by atoms with E-state index in [0.29, 0.717) is 17.1 Å². The molecule has 1 amide bonds. The minimum Gasteiger partial charge on any atom is -0.369 e. The second kappa shape index (κ2) is 8.60. The van der Waals surface area contributed by atoms with Crippen LogP contribution < -0.4 is 10.2 Å². The van der Waals surface area contributed by atoms with Crippen molar-refractivity contribution in [2.24, 2.45) is 5.92 Å². The third-order valence-corrected chi connectivity index (χ3v) is 8.79. The lowest BCUT2D eigenvalue weighted by molar-refractivity contribution is -0.137. The summed E-state index contributed by atoms with van der Waals surface area (Å²) in [5.74, 6) is 0.277. The summed E-state index contributed by atoms with van der Waals surface area (Å²) in [6.07, 6.45) is -4.43. The van der Waals surface area contributed by atoms with E-state index in [0.717, 1.165) is 17.0 Å². The molecule has 0 bridgehead atoms. The summed E-state index contributed by atoms with van der Waals surface area (Å²) in [5.41, 5.74) is 0.160. The first-order valence-corrected chi connectivity index (χ1v) is 12.5. The van der Waals surface area contributed by atoms with E-state index in [1.165, 1.54) is 34.3 Å². The molecule has 0 spiro atoms. The number of benzene rings is 2. The number of carbonyl (C=O) groups excluding carboxylic acids is 1. The molecule has 0 aliphatic carbocycles. The Kier molecular flexibility index (Phi) is 6.17. The second-order valence-corrected chi connectivity index (χ2v) is 10.8. The van der Waals surface area contributed by atoms with E-state index in [4.69, 9.17) is 0 Å². The number of sulfonamides is 1. The molecule has 1 N–H and O–H groups in total. The highest BCUT2D eigenvalue weighted by Crippen LogP contribution is 2.35. The van der Waals surface area contributed by atoms with Crippen LogP contribution in [-0.4, -0.2) is 50.6 Å². The zero-order valence-electron chi connectivity index (χ0n) is 17.2. The molecule has 2 aliphatic rings. The van der Waals surface area contributed by atoms with Crippen molar-refractivity contribution in [3.05, 3.63) is 48.0 Å². The standard InChI is InChI=1S/C21H22F3N3O3S2/c1-14-13-31-19-6-5-17(12-18(19)25-20(14)28)32(29,30)27-9-7-26(8-10-27)16-4-2-3-15(11-16)21(22,23)24/h2-6,11-12,14H,7-10,13H2,1H3,(H,25,28). The van der Waals surface area contributed by atoms with E-state index in [1.807, 2.05) is 6.92 Å². The maximum absolute atomic E-state index is 13.2. The summed E-state index contributed by atoms with van der Waals surface area (Å²) in [6, 6.07) is 9.75. The minimum atomic E-state index is -4.43. The van der Waals surface area contributed by atoms with Gasteiger partial charge in [0.05, 0.1) is 16.1 Å². The second-order valence-electron chi connectivity index (χ2n) is 7.80. The number of thioether (sulfide) groups is 1. The number of hydrogen-bond acceptors (Lipinski definition) is 5. The topological polar surface area (TPSA) is 69.7 Å². The zero-order valence-corrected chi connectivity index (χ0v) is 18.9. The Morgan fingerprint density at radius 3 is 2.47 bits per heavy atom. The summed E-state index contributed by atoms with van der Waals surface area (Å²) in [7, 11) is -3.81. The van der Waals surface area contributed by atoms with Crippen LogP contribution in [0.5, 0.6) is 0 Å². The number of halogens is 3. The number of nitrogens with zero attached hydrogens (tertiary/aromatic N) is 2. The summed E-state index contributed by atoms with van der Waals surface area (Å²) in [6.45, 7) is 2.66. The maximum atomic E-state index is 13.2. The van der Waals surface area contributed by atoms with Crippen molar-refractivity contribution in [3.63, 3.8) is 0 Å². The van der Waals surface area contributed by atoms with Gasteiger partial charge in [0.2, 0.25) is 15.9 Å². The number of amides is 1. The highest BCUT2D eigenvalue weighted by molar-refractivity contribution is 7.99. The van der Waals surface area contributed by atoms with E-state index in [-0.39, 0.29) is 42.9 Å². The van der Waals surface area contributed by atoms with Crippen LogP contribution in [0.4, 0.5) is 24.5 Å².